The molecule has 0 spiro atoms. The van der Waals surface area contributed by atoms with Crippen molar-refractivity contribution in [2.24, 2.45) is 0 Å². The van der Waals surface area contributed by atoms with Gasteiger partial charge in [0.1, 0.15) is 18.5 Å². The lowest BCUT2D eigenvalue weighted by molar-refractivity contribution is 0.0000533. The van der Waals surface area contributed by atoms with E-state index in [0.717, 1.165) is 38.4 Å². The highest BCUT2D eigenvalue weighted by Crippen LogP contribution is 2.30. The van der Waals surface area contributed by atoms with E-state index in [9.17, 15) is 0 Å². The summed E-state index contributed by atoms with van der Waals surface area (Å²) in [5.41, 5.74) is 2.52. The van der Waals surface area contributed by atoms with Gasteiger partial charge in [0.25, 0.3) is 0 Å². The number of benzene rings is 1. The van der Waals surface area contributed by atoms with Gasteiger partial charge < -0.3 is 20.1 Å². The first-order valence-electron chi connectivity index (χ1n) is 6.24. The Balaban J connectivity index is 1.63. The zero-order chi connectivity index (χ0) is 11.5. The highest BCUT2D eigenvalue weighted by Gasteiger charge is 2.17. The van der Waals surface area contributed by atoms with Gasteiger partial charge in [-0.05, 0) is 18.6 Å². The van der Waals surface area contributed by atoms with Crippen LogP contribution in [0.1, 0.15) is 5.56 Å². The molecule has 1 atom stereocenters. The Morgan fingerprint density at radius 1 is 1.35 bits per heavy atom. The maximum Gasteiger partial charge on any atom is 0.124 e. The molecule has 1 saturated heterocycles. The van der Waals surface area contributed by atoms with Gasteiger partial charge in [-0.25, -0.2) is 0 Å². The number of nitrogens with one attached hydrogen (secondary N) is 2. The summed E-state index contributed by atoms with van der Waals surface area (Å²) in [6.45, 7) is 4.25. The second-order valence-electron chi connectivity index (χ2n) is 4.47. The molecule has 4 nitrogen and oxygen atoms in total. The Bertz CT molecular complexity index is 389. The first kappa shape index (κ1) is 10.9. The van der Waals surface area contributed by atoms with Gasteiger partial charge in [0.2, 0.25) is 0 Å². The highest BCUT2D eigenvalue weighted by molar-refractivity contribution is 5.61. The van der Waals surface area contributed by atoms with Crippen molar-refractivity contribution < 1.29 is 9.47 Å². The van der Waals surface area contributed by atoms with E-state index in [4.69, 9.17) is 9.47 Å². The average molecular weight is 234 g/mol. The molecule has 0 bridgehead atoms. The quantitative estimate of drug-likeness (QED) is 0.819. The van der Waals surface area contributed by atoms with E-state index in [-0.39, 0.29) is 6.10 Å². The maximum atomic E-state index is 5.88. The lowest BCUT2D eigenvalue weighted by atomic mass is 10.1. The molecule has 2 aliphatic heterocycles. The molecule has 0 aliphatic carbocycles. The van der Waals surface area contributed by atoms with Crippen LogP contribution < -0.4 is 15.4 Å². The Morgan fingerprint density at radius 3 is 3.24 bits per heavy atom. The second kappa shape index (κ2) is 4.94. The fourth-order valence-corrected chi connectivity index (χ4v) is 2.36. The van der Waals surface area contributed by atoms with E-state index >= 15 is 0 Å². The third kappa shape index (κ3) is 2.37. The van der Waals surface area contributed by atoms with Crippen molar-refractivity contribution in [3.8, 4) is 5.75 Å². The SMILES string of the molecule is c1cc2c(c(OCC3CNCCO3)c1)CCN2. The summed E-state index contributed by atoms with van der Waals surface area (Å²) in [6, 6.07) is 6.18. The van der Waals surface area contributed by atoms with Crippen molar-refractivity contribution in [1.82, 2.24) is 5.32 Å². The summed E-state index contributed by atoms with van der Waals surface area (Å²) in [4.78, 5) is 0. The van der Waals surface area contributed by atoms with Gasteiger partial charge in [0.15, 0.2) is 0 Å². The van der Waals surface area contributed by atoms with Gasteiger partial charge in [-0.3, -0.25) is 0 Å². The third-order valence-corrected chi connectivity index (χ3v) is 3.25. The topological polar surface area (TPSA) is 42.5 Å². The van der Waals surface area contributed by atoms with Crippen molar-refractivity contribution in [3.05, 3.63) is 23.8 Å². The van der Waals surface area contributed by atoms with E-state index in [1.165, 1.54) is 11.3 Å². The van der Waals surface area contributed by atoms with Crippen LogP contribution >= 0.6 is 0 Å². The molecular weight excluding hydrogens is 216 g/mol. The molecule has 2 aliphatic rings. The monoisotopic (exact) mass is 234 g/mol. The van der Waals surface area contributed by atoms with Crippen LogP contribution in [0.4, 0.5) is 5.69 Å². The van der Waals surface area contributed by atoms with Crippen LogP contribution in [0.2, 0.25) is 0 Å². The molecule has 2 N–H and O–H groups in total. The normalized spacial score (nSPS) is 22.9. The van der Waals surface area contributed by atoms with E-state index < -0.39 is 0 Å². The number of morpholine rings is 1. The van der Waals surface area contributed by atoms with Crippen molar-refractivity contribution in [2.45, 2.75) is 12.5 Å². The molecule has 3 rings (SSSR count). The summed E-state index contributed by atoms with van der Waals surface area (Å²) < 4.78 is 11.5. The van der Waals surface area contributed by atoms with Gasteiger partial charge in [-0.2, -0.15) is 0 Å². The predicted molar refractivity (Wildman–Crippen MR) is 66.7 cm³/mol. The smallest absolute Gasteiger partial charge is 0.124 e. The minimum Gasteiger partial charge on any atom is -0.490 e. The summed E-state index contributed by atoms with van der Waals surface area (Å²) in [5.74, 6) is 1.00. The van der Waals surface area contributed by atoms with E-state index in [1.807, 2.05) is 12.1 Å². The molecule has 1 aromatic carbocycles. The largest absolute Gasteiger partial charge is 0.490 e. The lowest BCUT2D eigenvalue weighted by Gasteiger charge is -2.24. The van der Waals surface area contributed by atoms with Crippen LogP contribution in [-0.2, 0) is 11.2 Å². The molecule has 1 unspecified atom stereocenters. The number of rotatable bonds is 3. The van der Waals surface area contributed by atoms with Gasteiger partial charge in [-0.15, -0.1) is 0 Å². The summed E-state index contributed by atoms with van der Waals surface area (Å²) >= 11 is 0. The van der Waals surface area contributed by atoms with Gasteiger partial charge in [0.05, 0.1) is 6.61 Å². The van der Waals surface area contributed by atoms with Crippen LogP contribution in [0.15, 0.2) is 18.2 Å². The number of anilines is 1. The van der Waals surface area contributed by atoms with Gasteiger partial charge >= 0.3 is 0 Å². The Morgan fingerprint density at radius 2 is 2.35 bits per heavy atom. The fourth-order valence-electron chi connectivity index (χ4n) is 2.36. The third-order valence-electron chi connectivity index (χ3n) is 3.25. The molecule has 4 heteroatoms. The molecule has 0 aromatic heterocycles. The molecule has 1 fully saturated rings. The minimum absolute atomic E-state index is 0.175. The first-order chi connectivity index (χ1) is 8.43. The number of fused-ring (bicyclic) bond motifs is 1. The van der Waals surface area contributed by atoms with Crippen LogP contribution in [0.3, 0.4) is 0 Å². The fraction of sp³-hybridized carbons (Fsp3) is 0.538. The standard InChI is InChI=1S/C13H18N2O2/c1-2-12-11(4-5-15-12)13(3-1)17-9-10-8-14-6-7-16-10/h1-3,10,14-15H,4-9H2. The second-order valence-corrected chi connectivity index (χ2v) is 4.47. The van der Waals surface area contributed by atoms with Crippen molar-refractivity contribution in [3.63, 3.8) is 0 Å². The van der Waals surface area contributed by atoms with Crippen LogP contribution in [-0.4, -0.2) is 39.0 Å². The Kier molecular flexibility index (Phi) is 3.16. The Labute approximate surface area is 101 Å². The average Bonchev–Trinajstić information content (AvgIpc) is 2.86. The number of hydrogen-bond donors (Lipinski definition) is 2. The molecule has 17 heavy (non-hydrogen) atoms. The molecule has 0 saturated carbocycles. The number of hydrogen-bond acceptors (Lipinski definition) is 4. The zero-order valence-corrected chi connectivity index (χ0v) is 9.87. The summed E-state index contributed by atoms with van der Waals surface area (Å²) in [5, 5.41) is 6.66. The van der Waals surface area contributed by atoms with Crippen molar-refractivity contribution >= 4 is 5.69 Å². The highest BCUT2D eigenvalue weighted by atomic mass is 16.5. The maximum absolute atomic E-state index is 5.88. The molecule has 0 radical (unpaired) electrons. The Hall–Kier alpha value is -1.26. The molecule has 1 aromatic rings. The summed E-state index contributed by atoms with van der Waals surface area (Å²) in [6.07, 6.45) is 1.23. The van der Waals surface area contributed by atoms with Crippen LogP contribution in [0, 0.1) is 0 Å². The summed E-state index contributed by atoms with van der Waals surface area (Å²) in [7, 11) is 0. The van der Waals surface area contributed by atoms with Crippen molar-refractivity contribution in [1.29, 1.82) is 0 Å². The van der Waals surface area contributed by atoms with Gasteiger partial charge in [0, 0.05) is 30.9 Å². The zero-order valence-electron chi connectivity index (χ0n) is 9.87. The van der Waals surface area contributed by atoms with Crippen LogP contribution in [0.25, 0.3) is 0 Å². The lowest BCUT2D eigenvalue weighted by Crippen LogP contribution is -2.41. The number of ether oxygens (including phenoxy) is 2. The molecule has 92 valence electrons. The molecule has 2 heterocycles. The van der Waals surface area contributed by atoms with Gasteiger partial charge in [-0.1, -0.05) is 6.07 Å². The van der Waals surface area contributed by atoms with E-state index in [2.05, 4.69) is 16.7 Å². The molecule has 0 amide bonds. The van der Waals surface area contributed by atoms with E-state index in [0.29, 0.717) is 6.61 Å². The minimum atomic E-state index is 0.175. The predicted octanol–water partition coefficient (Wildman–Crippen LogP) is 1.02. The molecular formula is C13H18N2O2. The van der Waals surface area contributed by atoms with Crippen molar-refractivity contribution in [2.75, 3.05) is 38.2 Å². The van der Waals surface area contributed by atoms with E-state index in [1.54, 1.807) is 0 Å². The van der Waals surface area contributed by atoms with Crippen LogP contribution in [0.5, 0.6) is 5.75 Å². The first-order valence-corrected chi connectivity index (χ1v) is 6.24.